The number of hydrogen-bond donors (Lipinski definition) is 1. The van der Waals surface area contributed by atoms with Crippen molar-refractivity contribution in [1.82, 2.24) is 10.3 Å². The number of benzene rings is 2. The molecule has 0 radical (unpaired) electrons. The first-order valence-electron chi connectivity index (χ1n) is 10.4. The number of nitrogens with zero attached hydrogens (tertiary/aromatic N) is 2. The van der Waals surface area contributed by atoms with Gasteiger partial charge in [-0.1, -0.05) is 48.5 Å². The maximum absolute atomic E-state index is 12.4. The Hall–Kier alpha value is -3.14. The van der Waals surface area contributed by atoms with Crippen molar-refractivity contribution < 1.29 is 4.79 Å². The third-order valence-corrected chi connectivity index (χ3v) is 6.09. The van der Waals surface area contributed by atoms with Gasteiger partial charge in [-0.3, -0.25) is 9.78 Å². The molecule has 0 spiro atoms. The third kappa shape index (κ3) is 3.88. The Morgan fingerprint density at radius 3 is 2.69 bits per heavy atom. The van der Waals surface area contributed by atoms with Crippen LogP contribution >= 0.6 is 0 Å². The second-order valence-corrected chi connectivity index (χ2v) is 8.07. The highest BCUT2D eigenvalue weighted by atomic mass is 16.2. The summed E-state index contributed by atoms with van der Waals surface area (Å²) in [6, 6.07) is 21.3. The van der Waals surface area contributed by atoms with Crippen LogP contribution in [0.4, 0.5) is 5.69 Å². The molecule has 4 nitrogen and oxygen atoms in total. The minimum Gasteiger partial charge on any atom is -0.367 e. The molecule has 1 amide bonds. The third-order valence-electron chi connectivity index (χ3n) is 6.09. The molecule has 2 aliphatic rings. The fourth-order valence-electron chi connectivity index (χ4n) is 4.32. The van der Waals surface area contributed by atoms with Crippen LogP contribution in [0.2, 0.25) is 0 Å². The number of amides is 1. The number of aromatic nitrogens is 1. The van der Waals surface area contributed by atoms with E-state index in [1.54, 1.807) is 6.20 Å². The molecule has 2 heterocycles. The molecule has 1 fully saturated rings. The van der Waals surface area contributed by atoms with E-state index in [-0.39, 0.29) is 11.8 Å². The monoisotopic (exact) mass is 383 g/mol. The average Bonchev–Trinajstić information content (AvgIpc) is 3.49. The van der Waals surface area contributed by atoms with Crippen molar-refractivity contribution in [1.29, 1.82) is 0 Å². The van der Waals surface area contributed by atoms with Crippen molar-refractivity contribution in [3.63, 3.8) is 0 Å². The SMILES string of the molecule is O=C(NCc1ccc(CN2CCc3ccccc32)cc1)[C@H]1C[C@H]1c1cccnc1. The summed E-state index contributed by atoms with van der Waals surface area (Å²) < 4.78 is 0. The minimum atomic E-state index is 0.0914. The van der Waals surface area contributed by atoms with Gasteiger partial charge in [-0.2, -0.15) is 0 Å². The zero-order chi connectivity index (χ0) is 19.6. The molecule has 1 N–H and O–H groups in total. The van der Waals surface area contributed by atoms with Gasteiger partial charge in [-0.15, -0.1) is 0 Å². The predicted molar refractivity (Wildman–Crippen MR) is 115 cm³/mol. The molecule has 3 aromatic rings. The summed E-state index contributed by atoms with van der Waals surface area (Å²) in [4.78, 5) is 19.0. The Morgan fingerprint density at radius 2 is 1.86 bits per heavy atom. The van der Waals surface area contributed by atoms with Crippen LogP contribution < -0.4 is 10.2 Å². The van der Waals surface area contributed by atoms with E-state index in [2.05, 4.69) is 69.8 Å². The number of carbonyl (C=O) groups is 1. The van der Waals surface area contributed by atoms with E-state index in [0.717, 1.165) is 31.5 Å². The Morgan fingerprint density at radius 1 is 1.03 bits per heavy atom. The van der Waals surface area contributed by atoms with Crippen molar-refractivity contribution in [3.8, 4) is 0 Å². The number of rotatable bonds is 6. The van der Waals surface area contributed by atoms with Crippen LogP contribution in [0.25, 0.3) is 0 Å². The molecule has 1 aliphatic heterocycles. The van der Waals surface area contributed by atoms with E-state index in [4.69, 9.17) is 0 Å². The van der Waals surface area contributed by atoms with E-state index in [0.29, 0.717) is 12.5 Å². The van der Waals surface area contributed by atoms with Gasteiger partial charge in [0.2, 0.25) is 5.91 Å². The Labute approximate surface area is 171 Å². The van der Waals surface area contributed by atoms with Gasteiger partial charge in [0.15, 0.2) is 0 Å². The maximum atomic E-state index is 12.4. The number of pyridine rings is 1. The average molecular weight is 383 g/mol. The number of para-hydroxylation sites is 1. The number of fused-ring (bicyclic) bond motifs is 1. The Balaban J connectivity index is 1.13. The molecule has 5 rings (SSSR count). The lowest BCUT2D eigenvalue weighted by Gasteiger charge is -2.19. The van der Waals surface area contributed by atoms with Gasteiger partial charge in [-0.05, 0) is 53.1 Å². The van der Waals surface area contributed by atoms with Crippen LogP contribution in [-0.4, -0.2) is 17.4 Å². The summed E-state index contributed by atoms with van der Waals surface area (Å²) in [5, 5.41) is 3.10. The first kappa shape index (κ1) is 17.9. The first-order chi connectivity index (χ1) is 14.3. The second-order valence-electron chi connectivity index (χ2n) is 8.07. The Kier molecular flexibility index (Phi) is 4.76. The van der Waals surface area contributed by atoms with E-state index >= 15 is 0 Å². The highest BCUT2D eigenvalue weighted by molar-refractivity contribution is 5.82. The highest BCUT2D eigenvalue weighted by Gasteiger charge is 2.43. The van der Waals surface area contributed by atoms with Crippen LogP contribution in [-0.2, 0) is 24.3 Å². The fourth-order valence-corrected chi connectivity index (χ4v) is 4.32. The number of carbonyl (C=O) groups excluding carboxylic acids is 1. The normalized spacial score (nSPS) is 19.7. The fraction of sp³-hybridized carbons (Fsp3) is 0.280. The summed E-state index contributed by atoms with van der Waals surface area (Å²) in [6.45, 7) is 2.59. The van der Waals surface area contributed by atoms with Gasteiger partial charge in [0.05, 0.1) is 0 Å². The van der Waals surface area contributed by atoms with Crippen molar-refractivity contribution in [2.24, 2.45) is 5.92 Å². The molecule has 0 unspecified atom stereocenters. The lowest BCUT2D eigenvalue weighted by atomic mass is 10.1. The van der Waals surface area contributed by atoms with Crippen LogP contribution in [0.3, 0.4) is 0 Å². The van der Waals surface area contributed by atoms with E-state index < -0.39 is 0 Å². The molecule has 1 aliphatic carbocycles. The van der Waals surface area contributed by atoms with Crippen molar-refractivity contribution in [2.75, 3.05) is 11.4 Å². The molecule has 29 heavy (non-hydrogen) atoms. The van der Waals surface area contributed by atoms with Crippen molar-refractivity contribution in [3.05, 3.63) is 95.3 Å². The zero-order valence-electron chi connectivity index (χ0n) is 16.4. The second kappa shape index (κ2) is 7.70. The van der Waals surface area contributed by atoms with Gasteiger partial charge < -0.3 is 10.2 Å². The molecule has 1 aromatic heterocycles. The van der Waals surface area contributed by atoms with Gasteiger partial charge in [0.1, 0.15) is 0 Å². The molecule has 0 saturated heterocycles. The van der Waals surface area contributed by atoms with Gasteiger partial charge in [-0.25, -0.2) is 0 Å². The molecule has 2 atom stereocenters. The molecular formula is C25H25N3O. The summed E-state index contributed by atoms with van der Waals surface area (Å²) in [5.41, 5.74) is 6.41. The summed E-state index contributed by atoms with van der Waals surface area (Å²) in [6.07, 6.45) is 5.69. The van der Waals surface area contributed by atoms with Gasteiger partial charge >= 0.3 is 0 Å². The van der Waals surface area contributed by atoms with E-state index in [1.807, 2.05) is 12.3 Å². The van der Waals surface area contributed by atoms with Crippen LogP contribution in [0.15, 0.2) is 73.1 Å². The topological polar surface area (TPSA) is 45.2 Å². The van der Waals surface area contributed by atoms with Crippen LogP contribution in [0, 0.1) is 5.92 Å². The lowest BCUT2D eigenvalue weighted by molar-refractivity contribution is -0.122. The van der Waals surface area contributed by atoms with E-state index in [1.165, 1.54) is 22.4 Å². The smallest absolute Gasteiger partial charge is 0.224 e. The maximum Gasteiger partial charge on any atom is 0.224 e. The van der Waals surface area contributed by atoms with Crippen LogP contribution in [0.1, 0.15) is 34.6 Å². The van der Waals surface area contributed by atoms with Gasteiger partial charge in [0, 0.05) is 43.6 Å². The molecule has 2 aromatic carbocycles. The molecule has 0 bridgehead atoms. The predicted octanol–water partition coefficient (Wildman–Crippen LogP) is 4.06. The summed E-state index contributed by atoms with van der Waals surface area (Å²) >= 11 is 0. The Bertz CT molecular complexity index is 1000. The molecule has 146 valence electrons. The van der Waals surface area contributed by atoms with Crippen molar-refractivity contribution >= 4 is 11.6 Å². The number of anilines is 1. The summed E-state index contributed by atoms with van der Waals surface area (Å²) in [7, 11) is 0. The van der Waals surface area contributed by atoms with Gasteiger partial charge in [0.25, 0.3) is 0 Å². The number of nitrogens with one attached hydrogen (secondary N) is 1. The van der Waals surface area contributed by atoms with Crippen LogP contribution in [0.5, 0.6) is 0 Å². The molecule has 1 saturated carbocycles. The highest BCUT2D eigenvalue weighted by Crippen LogP contribution is 2.47. The first-order valence-corrected chi connectivity index (χ1v) is 10.4. The quantitative estimate of drug-likeness (QED) is 0.698. The molecular weight excluding hydrogens is 358 g/mol. The zero-order valence-corrected chi connectivity index (χ0v) is 16.4. The largest absolute Gasteiger partial charge is 0.367 e. The molecule has 4 heteroatoms. The lowest BCUT2D eigenvalue weighted by Crippen LogP contribution is -2.25. The number of hydrogen-bond acceptors (Lipinski definition) is 3. The standard InChI is InChI=1S/C25H25N3O/c29-25(23-14-22(23)21-5-3-12-26-16-21)27-15-18-7-9-19(10-8-18)17-28-13-11-20-4-1-2-6-24(20)28/h1-10,12,16,22-23H,11,13-15,17H2,(H,27,29)/t22-,23-/m0/s1. The minimum absolute atomic E-state index is 0.0914. The van der Waals surface area contributed by atoms with E-state index in [9.17, 15) is 4.79 Å². The summed E-state index contributed by atoms with van der Waals surface area (Å²) in [5.74, 6) is 0.569. The van der Waals surface area contributed by atoms with Crippen molar-refractivity contribution in [2.45, 2.75) is 31.8 Å².